The first kappa shape index (κ1) is 12.2. The van der Waals surface area contributed by atoms with Gasteiger partial charge in [-0.15, -0.1) is 0 Å². The van der Waals surface area contributed by atoms with Crippen LogP contribution in [0.2, 0.25) is 0 Å². The van der Waals surface area contributed by atoms with Crippen LogP contribution >= 0.6 is 0 Å². The van der Waals surface area contributed by atoms with Gasteiger partial charge in [0.15, 0.2) is 0 Å². The molecule has 18 heavy (non-hydrogen) atoms. The Bertz CT molecular complexity index is 530. The Morgan fingerprint density at radius 3 is 2.56 bits per heavy atom. The second-order valence-electron chi connectivity index (χ2n) is 3.63. The van der Waals surface area contributed by atoms with Crippen molar-refractivity contribution in [1.82, 2.24) is 0 Å². The summed E-state index contributed by atoms with van der Waals surface area (Å²) in [6, 6.07) is 2.99. The van der Waals surface area contributed by atoms with E-state index >= 15 is 0 Å². The van der Waals surface area contributed by atoms with Crippen molar-refractivity contribution in [3.8, 4) is 5.75 Å². The summed E-state index contributed by atoms with van der Waals surface area (Å²) in [5.74, 6) is -0.575. The van der Waals surface area contributed by atoms with Gasteiger partial charge in [-0.3, -0.25) is 0 Å². The number of hydrogen-bond donors (Lipinski definition) is 0. The number of hydrogen-bond acceptors (Lipinski definition) is 5. The Kier molecular flexibility index (Phi) is 3.32. The number of fused-ring (bicyclic) bond motifs is 1. The minimum atomic E-state index is -0.527. The highest BCUT2D eigenvalue weighted by Crippen LogP contribution is 2.29. The molecule has 0 fully saturated rings. The van der Waals surface area contributed by atoms with Crippen LogP contribution in [0, 0.1) is 0 Å². The van der Waals surface area contributed by atoms with Gasteiger partial charge in [0.25, 0.3) is 0 Å². The van der Waals surface area contributed by atoms with Crippen LogP contribution in [0.1, 0.15) is 26.3 Å². The number of methoxy groups -OCH3 is 2. The second kappa shape index (κ2) is 4.91. The SMILES string of the molecule is COC(=O)c1cc2c(c(C(=O)OC)c1)C=CCO2. The third-order valence-corrected chi connectivity index (χ3v) is 2.59. The van der Waals surface area contributed by atoms with E-state index in [0.717, 1.165) is 0 Å². The molecule has 5 nitrogen and oxygen atoms in total. The molecule has 2 rings (SSSR count). The van der Waals surface area contributed by atoms with Crippen LogP contribution in [-0.2, 0) is 9.47 Å². The van der Waals surface area contributed by atoms with Crippen LogP contribution in [-0.4, -0.2) is 32.8 Å². The fraction of sp³-hybridized carbons (Fsp3) is 0.231. The van der Waals surface area contributed by atoms with E-state index in [-0.39, 0.29) is 11.1 Å². The van der Waals surface area contributed by atoms with E-state index in [2.05, 4.69) is 4.74 Å². The van der Waals surface area contributed by atoms with Crippen LogP contribution < -0.4 is 4.74 Å². The van der Waals surface area contributed by atoms with Gasteiger partial charge >= 0.3 is 11.9 Å². The van der Waals surface area contributed by atoms with Crippen molar-refractivity contribution in [3.05, 3.63) is 34.9 Å². The van der Waals surface area contributed by atoms with Gasteiger partial charge in [0.1, 0.15) is 12.4 Å². The van der Waals surface area contributed by atoms with Crippen LogP contribution in [0.5, 0.6) is 5.75 Å². The largest absolute Gasteiger partial charge is 0.489 e. The van der Waals surface area contributed by atoms with Gasteiger partial charge in [0.05, 0.1) is 25.3 Å². The highest BCUT2D eigenvalue weighted by Gasteiger charge is 2.21. The molecule has 1 heterocycles. The second-order valence-corrected chi connectivity index (χ2v) is 3.63. The molecule has 0 bridgehead atoms. The van der Waals surface area contributed by atoms with Crippen molar-refractivity contribution in [2.45, 2.75) is 0 Å². The predicted molar refractivity (Wildman–Crippen MR) is 63.7 cm³/mol. The minimum Gasteiger partial charge on any atom is -0.489 e. The summed E-state index contributed by atoms with van der Waals surface area (Å²) < 4.78 is 14.7. The van der Waals surface area contributed by atoms with Crippen LogP contribution in [0.15, 0.2) is 18.2 Å². The normalized spacial score (nSPS) is 12.3. The number of benzene rings is 1. The fourth-order valence-electron chi connectivity index (χ4n) is 1.74. The molecule has 0 saturated heterocycles. The first-order chi connectivity index (χ1) is 8.67. The molecule has 5 heteroatoms. The Morgan fingerprint density at radius 1 is 1.17 bits per heavy atom. The topological polar surface area (TPSA) is 61.8 Å². The molecule has 0 radical (unpaired) electrons. The molecule has 1 aromatic carbocycles. The lowest BCUT2D eigenvalue weighted by Gasteiger charge is -2.16. The number of carbonyl (C=O) groups excluding carboxylic acids is 2. The van der Waals surface area contributed by atoms with Gasteiger partial charge in [-0.05, 0) is 18.2 Å². The van der Waals surface area contributed by atoms with Crippen molar-refractivity contribution in [1.29, 1.82) is 0 Å². The van der Waals surface area contributed by atoms with Gasteiger partial charge in [0.2, 0.25) is 0 Å². The van der Waals surface area contributed by atoms with Crippen molar-refractivity contribution < 1.29 is 23.8 Å². The molecule has 0 spiro atoms. The monoisotopic (exact) mass is 248 g/mol. The Hall–Kier alpha value is -2.30. The first-order valence-corrected chi connectivity index (χ1v) is 5.31. The third-order valence-electron chi connectivity index (χ3n) is 2.59. The molecular formula is C13H12O5. The summed E-state index contributed by atoms with van der Waals surface area (Å²) in [5, 5.41) is 0. The molecular weight excluding hydrogens is 236 g/mol. The summed E-state index contributed by atoms with van der Waals surface area (Å²) in [7, 11) is 2.56. The van der Waals surface area contributed by atoms with E-state index in [1.165, 1.54) is 20.3 Å². The lowest BCUT2D eigenvalue weighted by atomic mass is 10.0. The predicted octanol–water partition coefficient (Wildman–Crippen LogP) is 1.67. The Labute approximate surface area is 104 Å². The number of ether oxygens (including phenoxy) is 3. The molecule has 0 aliphatic carbocycles. The average Bonchev–Trinajstić information content (AvgIpc) is 2.44. The van der Waals surface area contributed by atoms with Gasteiger partial charge in [-0.2, -0.15) is 0 Å². The van der Waals surface area contributed by atoms with E-state index in [1.807, 2.05) is 0 Å². The first-order valence-electron chi connectivity index (χ1n) is 5.31. The smallest absolute Gasteiger partial charge is 0.338 e. The maximum atomic E-state index is 11.7. The highest BCUT2D eigenvalue weighted by atomic mass is 16.5. The van der Waals surface area contributed by atoms with Crippen LogP contribution in [0.4, 0.5) is 0 Å². The average molecular weight is 248 g/mol. The molecule has 1 aliphatic rings. The van der Waals surface area contributed by atoms with Crippen LogP contribution in [0.25, 0.3) is 6.08 Å². The third kappa shape index (κ3) is 2.07. The van der Waals surface area contributed by atoms with Crippen molar-refractivity contribution in [3.63, 3.8) is 0 Å². The number of carbonyl (C=O) groups is 2. The summed E-state index contributed by atoms with van der Waals surface area (Å²) >= 11 is 0. The van der Waals surface area contributed by atoms with Gasteiger partial charge in [-0.25, -0.2) is 9.59 Å². The van der Waals surface area contributed by atoms with Crippen molar-refractivity contribution in [2.24, 2.45) is 0 Å². The summed E-state index contributed by atoms with van der Waals surface area (Å²) in [4.78, 5) is 23.2. The number of esters is 2. The highest BCUT2D eigenvalue weighted by molar-refractivity contribution is 5.99. The van der Waals surface area contributed by atoms with Crippen molar-refractivity contribution >= 4 is 18.0 Å². The lowest BCUT2D eigenvalue weighted by Crippen LogP contribution is -2.12. The summed E-state index contributed by atoms with van der Waals surface area (Å²) in [5.41, 5.74) is 1.15. The molecule has 1 aromatic rings. The quantitative estimate of drug-likeness (QED) is 0.745. The zero-order valence-corrected chi connectivity index (χ0v) is 10.1. The maximum Gasteiger partial charge on any atom is 0.338 e. The minimum absolute atomic E-state index is 0.256. The maximum absolute atomic E-state index is 11.7. The summed E-state index contributed by atoms with van der Waals surface area (Å²) in [6.45, 7) is 0.401. The van der Waals surface area contributed by atoms with E-state index in [4.69, 9.17) is 9.47 Å². The summed E-state index contributed by atoms with van der Waals surface area (Å²) in [6.07, 6.45) is 3.55. The Balaban J connectivity index is 2.59. The molecule has 0 atom stereocenters. The molecule has 0 N–H and O–H groups in total. The number of rotatable bonds is 2. The molecule has 0 aromatic heterocycles. The molecule has 94 valence electrons. The van der Waals surface area contributed by atoms with Gasteiger partial charge < -0.3 is 14.2 Å². The van der Waals surface area contributed by atoms with E-state index in [1.54, 1.807) is 18.2 Å². The molecule has 0 saturated carbocycles. The lowest BCUT2D eigenvalue weighted by molar-refractivity contribution is 0.0598. The zero-order chi connectivity index (χ0) is 13.1. The van der Waals surface area contributed by atoms with E-state index in [9.17, 15) is 9.59 Å². The van der Waals surface area contributed by atoms with Crippen molar-refractivity contribution in [2.75, 3.05) is 20.8 Å². The van der Waals surface area contributed by atoms with E-state index < -0.39 is 11.9 Å². The van der Waals surface area contributed by atoms with Gasteiger partial charge in [-0.1, -0.05) is 6.08 Å². The van der Waals surface area contributed by atoms with Gasteiger partial charge in [0, 0.05) is 5.56 Å². The fourth-order valence-corrected chi connectivity index (χ4v) is 1.74. The Morgan fingerprint density at radius 2 is 1.89 bits per heavy atom. The molecule has 0 amide bonds. The van der Waals surface area contributed by atoms with E-state index in [0.29, 0.717) is 17.9 Å². The molecule has 0 unspecified atom stereocenters. The van der Waals surface area contributed by atoms with Crippen LogP contribution in [0.3, 0.4) is 0 Å². The molecule has 1 aliphatic heterocycles. The zero-order valence-electron chi connectivity index (χ0n) is 10.1. The standard InChI is InChI=1S/C13H12O5/c1-16-12(14)8-6-10(13(15)17-2)9-4-3-5-18-11(9)7-8/h3-4,6-7H,5H2,1-2H3.